The molecule has 0 bridgehead atoms. The number of nitrogens with two attached hydrogens (primary N) is 2. The number of carbonyl (C=O) groups excluding carboxylic acids is 1. The van der Waals surface area contributed by atoms with E-state index in [4.69, 9.17) is 11.5 Å². The Morgan fingerprint density at radius 1 is 1.36 bits per heavy atom. The lowest BCUT2D eigenvalue weighted by Gasteiger charge is -2.07. The molecule has 0 aliphatic rings. The Bertz CT molecular complexity index is 368. The van der Waals surface area contributed by atoms with Crippen LogP contribution in [0.15, 0.2) is 12.1 Å². The van der Waals surface area contributed by atoms with Gasteiger partial charge in [-0.1, -0.05) is 0 Å². The highest BCUT2D eigenvalue weighted by Crippen LogP contribution is 2.21. The smallest absolute Gasteiger partial charge is 0.236 e. The van der Waals surface area contributed by atoms with E-state index in [1.165, 1.54) is 0 Å². The fourth-order valence-electron chi connectivity index (χ4n) is 0.898. The molecule has 0 saturated carbocycles. The van der Waals surface area contributed by atoms with Gasteiger partial charge in [0, 0.05) is 12.1 Å². The van der Waals surface area contributed by atoms with Crippen LogP contribution in [0.25, 0.3) is 0 Å². The molecule has 0 aliphatic carbocycles. The summed E-state index contributed by atoms with van der Waals surface area (Å²) in [5.41, 5.74) is 10.4. The van der Waals surface area contributed by atoms with Crippen LogP contribution in [0.3, 0.4) is 0 Å². The molecule has 14 heavy (non-hydrogen) atoms. The van der Waals surface area contributed by atoms with Gasteiger partial charge in [0.05, 0.1) is 17.9 Å². The maximum atomic E-state index is 12.7. The van der Waals surface area contributed by atoms with E-state index in [-0.39, 0.29) is 17.9 Å². The molecule has 0 unspecified atom stereocenters. The molecule has 0 aliphatic heterocycles. The van der Waals surface area contributed by atoms with Gasteiger partial charge in [0.25, 0.3) is 0 Å². The predicted octanol–water partition coefficient (Wildman–Crippen LogP) is 0.444. The minimum Gasteiger partial charge on any atom is -0.397 e. The summed E-state index contributed by atoms with van der Waals surface area (Å²) in [6.07, 6.45) is 0. The summed E-state index contributed by atoms with van der Waals surface area (Å²) in [5.74, 6) is -2.69. The number of carbonyl (C=O) groups is 1. The van der Waals surface area contributed by atoms with E-state index in [9.17, 15) is 13.6 Å². The average molecular weight is 201 g/mol. The molecule has 0 aromatic heterocycles. The molecule has 1 aromatic carbocycles. The number of benzene rings is 1. The standard InChI is InChI=1S/C8H9F2N3O/c9-4-1-6(11)7(2-5(4)10)13-3-8(12)14/h1-2,13H,3,11H2,(H2,12,14). The summed E-state index contributed by atoms with van der Waals surface area (Å²) in [6.45, 7) is -0.185. The van der Waals surface area contributed by atoms with Crippen molar-refractivity contribution in [3.05, 3.63) is 23.8 Å². The van der Waals surface area contributed by atoms with E-state index >= 15 is 0 Å². The van der Waals surface area contributed by atoms with E-state index in [0.29, 0.717) is 0 Å². The fourth-order valence-corrected chi connectivity index (χ4v) is 0.898. The van der Waals surface area contributed by atoms with Crippen molar-refractivity contribution in [2.75, 3.05) is 17.6 Å². The summed E-state index contributed by atoms with van der Waals surface area (Å²) in [6, 6.07) is 1.70. The first-order valence-electron chi connectivity index (χ1n) is 3.77. The first kappa shape index (κ1) is 10.2. The second-order valence-electron chi connectivity index (χ2n) is 2.67. The number of anilines is 2. The maximum Gasteiger partial charge on any atom is 0.236 e. The minimum atomic E-state index is -1.04. The highest BCUT2D eigenvalue weighted by Gasteiger charge is 2.07. The highest BCUT2D eigenvalue weighted by molar-refractivity contribution is 5.80. The quantitative estimate of drug-likeness (QED) is 0.621. The monoisotopic (exact) mass is 201 g/mol. The summed E-state index contributed by atoms with van der Waals surface area (Å²) in [7, 11) is 0. The van der Waals surface area contributed by atoms with Gasteiger partial charge in [-0.15, -0.1) is 0 Å². The molecular formula is C8H9F2N3O. The van der Waals surface area contributed by atoms with Gasteiger partial charge in [-0.05, 0) is 0 Å². The third-order valence-electron chi connectivity index (χ3n) is 1.55. The van der Waals surface area contributed by atoms with Crippen molar-refractivity contribution in [3.8, 4) is 0 Å². The number of nitrogens with one attached hydrogen (secondary N) is 1. The molecule has 0 atom stereocenters. The molecule has 0 spiro atoms. The summed E-state index contributed by atoms with van der Waals surface area (Å²) >= 11 is 0. The Labute approximate surface area is 78.9 Å². The molecule has 1 aromatic rings. The van der Waals surface area contributed by atoms with Crippen LogP contribution in [-0.2, 0) is 4.79 Å². The van der Waals surface area contributed by atoms with Crippen LogP contribution in [0.5, 0.6) is 0 Å². The zero-order valence-corrected chi connectivity index (χ0v) is 7.18. The van der Waals surface area contributed by atoms with Crippen LogP contribution >= 0.6 is 0 Å². The van der Waals surface area contributed by atoms with Crippen molar-refractivity contribution in [1.29, 1.82) is 0 Å². The first-order valence-corrected chi connectivity index (χ1v) is 3.77. The molecule has 1 rings (SSSR count). The van der Waals surface area contributed by atoms with Gasteiger partial charge in [0.1, 0.15) is 0 Å². The lowest BCUT2D eigenvalue weighted by Crippen LogP contribution is -2.22. The number of hydrogen-bond donors (Lipinski definition) is 3. The predicted molar refractivity (Wildman–Crippen MR) is 48.5 cm³/mol. The third-order valence-corrected chi connectivity index (χ3v) is 1.55. The van der Waals surface area contributed by atoms with Crippen LogP contribution in [0.1, 0.15) is 0 Å². The first-order chi connectivity index (χ1) is 6.50. The van der Waals surface area contributed by atoms with E-state index < -0.39 is 17.5 Å². The van der Waals surface area contributed by atoms with Gasteiger partial charge < -0.3 is 16.8 Å². The Hall–Kier alpha value is -1.85. The SMILES string of the molecule is NC(=O)CNc1cc(F)c(F)cc1N. The second-order valence-corrected chi connectivity index (χ2v) is 2.67. The molecule has 6 heteroatoms. The van der Waals surface area contributed by atoms with Crippen LogP contribution < -0.4 is 16.8 Å². The lowest BCUT2D eigenvalue weighted by atomic mass is 10.2. The van der Waals surface area contributed by atoms with Gasteiger partial charge in [-0.2, -0.15) is 0 Å². The lowest BCUT2D eigenvalue weighted by molar-refractivity contribution is -0.116. The Morgan fingerprint density at radius 2 is 1.93 bits per heavy atom. The largest absolute Gasteiger partial charge is 0.397 e. The van der Waals surface area contributed by atoms with E-state index in [2.05, 4.69) is 5.32 Å². The zero-order chi connectivity index (χ0) is 10.7. The average Bonchev–Trinajstić information content (AvgIpc) is 2.09. The second kappa shape index (κ2) is 3.91. The van der Waals surface area contributed by atoms with Gasteiger partial charge in [-0.3, -0.25) is 4.79 Å². The zero-order valence-electron chi connectivity index (χ0n) is 7.18. The molecule has 0 saturated heterocycles. The number of rotatable bonds is 3. The number of halogens is 2. The molecule has 76 valence electrons. The van der Waals surface area contributed by atoms with Gasteiger partial charge >= 0.3 is 0 Å². The molecule has 5 N–H and O–H groups in total. The Balaban J connectivity index is 2.87. The number of amides is 1. The van der Waals surface area contributed by atoms with Crippen molar-refractivity contribution in [1.82, 2.24) is 0 Å². The molecule has 1 amide bonds. The van der Waals surface area contributed by atoms with Gasteiger partial charge in [0.2, 0.25) is 5.91 Å². The number of hydrogen-bond acceptors (Lipinski definition) is 3. The Kier molecular flexibility index (Phi) is 2.85. The highest BCUT2D eigenvalue weighted by atomic mass is 19.2. The van der Waals surface area contributed by atoms with Crippen LogP contribution in [0.4, 0.5) is 20.2 Å². The maximum absolute atomic E-state index is 12.7. The molecule has 0 fully saturated rings. The van der Waals surface area contributed by atoms with Crippen molar-refractivity contribution in [3.63, 3.8) is 0 Å². The molecule has 0 radical (unpaired) electrons. The number of nitrogen functional groups attached to an aromatic ring is 1. The summed E-state index contributed by atoms with van der Waals surface area (Å²) < 4.78 is 25.3. The van der Waals surface area contributed by atoms with Crippen molar-refractivity contribution < 1.29 is 13.6 Å². The summed E-state index contributed by atoms with van der Waals surface area (Å²) in [5, 5.41) is 2.47. The van der Waals surface area contributed by atoms with E-state index in [0.717, 1.165) is 12.1 Å². The van der Waals surface area contributed by atoms with Crippen molar-refractivity contribution >= 4 is 17.3 Å². The van der Waals surface area contributed by atoms with Crippen LogP contribution in [0.2, 0.25) is 0 Å². The summed E-state index contributed by atoms with van der Waals surface area (Å²) in [4.78, 5) is 10.4. The molecule has 0 heterocycles. The third kappa shape index (κ3) is 2.32. The number of primary amides is 1. The van der Waals surface area contributed by atoms with Crippen LogP contribution in [-0.4, -0.2) is 12.5 Å². The fraction of sp³-hybridized carbons (Fsp3) is 0.125. The topological polar surface area (TPSA) is 81.1 Å². The minimum absolute atomic E-state index is 0.0187. The van der Waals surface area contributed by atoms with Crippen LogP contribution in [0, 0.1) is 11.6 Å². The van der Waals surface area contributed by atoms with Crippen molar-refractivity contribution in [2.45, 2.75) is 0 Å². The molecular weight excluding hydrogens is 192 g/mol. The van der Waals surface area contributed by atoms with E-state index in [1.807, 2.05) is 0 Å². The normalized spacial score (nSPS) is 9.86. The van der Waals surface area contributed by atoms with Gasteiger partial charge in [-0.25, -0.2) is 8.78 Å². The van der Waals surface area contributed by atoms with E-state index in [1.54, 1.807) is 0 Å². The Morgan fingerprint density at radius 3 is 2.50 bits per heavy atom. The van der Waals surface area contributed by atoms with Gasteiger partial charge in [0.15, 0.2) is 11.6 Å². The van der Waals surface area contributed by atoms with Crippen molar-refractivity contribution in [2.24, 2.45) is 5.73 Å². The molecule has 4 nitrogen and oxygen atoms in total.